The fourth-order valence-corrected chi connectivity index (χ4v) is 2.09. The lowest BCUT2D eigenvalue weighted by molar-refractivity contribution is 0.0916. The molecule has 0 spiro atoms. The highest BCUT2D eigenvalue weighted by Gasteiger charge is 2.09. The second-order valence-electron chi connectivity index (χ2n) is 4.56. The molecule has 0 saturated carbocycles. The fourth-order valence-electron chi connectivity index (χ4n) is 1.90. The van der Waals surface area contributed by atoms with Crippen LogP contribution in [0.1, 0.15) is 15.9 Å². The molecule has 0 aliphatic rings. The molecule has 0 aromatic heterocycles. The molecule has 0 aliphatic heterocycles. The van der Waals surface area contributed by atoms with Crippen molar-refractivity contribution in [1.29, 1.82) is 0 Å². The summed E-state index contributed by atoms with van der Waals surface area (Å²) < 4.78 is 0. The molecule has 104 valence electrons. The Morgan fingerprint density at radius 3 is 2.60 bits per heavy atom. The number of aliphatic hydroxyl groups excluding tert-OH is 1. The number of amides is 1. The highest BCUT2D eigenvalue weighted by atomic mass is 35.5. The molecule has 1 atom stereocenters. The smallest absolute Gasteiger partial charge is 0.251 e. The molecule has 2 N–H and O–H groups in total. The van der Waals surface area contributed by atoms with Crippen LogP contribution < -0.4 is 5.32 Å². The van der Waals surface area contributed by atoms with Crippen LogP contribution in [-0.4, -0.2) is 23.7 Å². The van der Waals surface area contributed by atoms with Crippen molar-refractivity contribution in [3.63, 3.8) is 0 Å². The number of hydrogen-bond acceptors (Lipinski definition) is 2. The Morgan fingerprint density at radius 2 is 1.90 bits per heavy atom. The summed E-state index contributed by atoms with van der Waals surface area (Å²) in [6.45, 7) is 0.209. The van der Waals surface area contributed by atoms with Crippen LogP contribution in [0.3, 0.4) is 0 Å². The van der Waals surface area contributed by atoms with Gasteiger partial charge in [-0.3, -0.25) is 4.79 Å². The third kappa shape index (κ3) is 4.37. The third-order valence-electron chi connectivity index (χ3n) is 2.90. The molecule has 2 aromatic rings. The lowest BCUT2D eigenvalue weighted by atomic mass is 10.1. The normalized spacial score (nSPS) is 11.9. The van der Waals surface area contributed by atoms with Gasteiger partial charge in [0.1, 0.15) is 0 Å². The standard InChI is InChI=1S/C16H16ClNO2/c17-14-8-4-7-13(10-14)16(20)18-11-15(19)9-12-5-2-1-3-6-12/h1-8,10,15,19H,9,11H2,(H,18,20)/t15-/m0/s1. The largest absolute Gasteiger partial charge is 0.391 e. The van der Waals surface area contributed by atoms with Gasteiger partial charge < -0.3 is 10.4 Å². The minimum Gasteiger partial charge on any atom is -0.391 e. The zero-order valence-corrected chi connectivity index (χ0v) is 11.7. The summed E-state index contributed by atoms with van der Waals surface area (Å²) >= 11 is 5.83. The van der Waals surface area contributed by atoms with Crippen molar-refractivity contribution < 1.29 is 9.90 Å². The minimum absolute atomic E-state index is 0.209. The monoisotopic (exact) mass is 289 g/mol. The average Bonchev–Trinajstić information content (AvgIpc) is 2.46. The Bertz CT molecular complexity index is 572. The second-order valence-corrected chi connectivity index (χ2v) is 5.00. The van der Waals surface area contributed by atoms with Crippen molar-refractivity contribution in [3.8, 4) is 0 Å². The van der Waals surface area contributed by atoms with E-state index in [1.807, 2.05) is 30.3 Å². The van der Waals surface area contributed by atoms with E-state index in [-0.39, 0.29) is 12.5 Å². The van der Waals surface area contributed by atoms with Crippen LogP contribution in [0.2, 0.25) is 5.02 Å². The van der Waals surface area contributed by atoms with Gasteiger partial charge in [-0.2, -0.15) is 0 Å². The van der Waals surface area contributed by atoms with Crippen LogP contribution in [0.25, 0.3) is 0 Å². The van der Waals surface area contributed by atoms with Gasteiger partial charge in [-0.15, -0.1) is 0 Å². The molecule has 0 fully saturated rings. The van der Waals surface area contributed by atoms with E-state index in [0.717, 1.165) is 5.56 Å². The summed E-state index contributed by atoms with van der Waals surface area (Å²) in [6.07, 6.45) is -0.100. The third-order valence-corrected chi connectivity index (χ3v) is 3.13. The van der Waals surface area contributed by atoms with Crippen LogP contribution in [-0.2, 0) is 6.42 Å². The van der Waals surface area contributed by atoms with E-state index in [9.17, 15) is 9.90 Å². The quantitative estimate of drug-likeness (QED) is 0.889. The second kappa shape index (κ2) is 7.08. The molecule has 3 nitrogen and oxygen atoms in total. The summed E-state index contributed by atoms with van der Waals surface area (Å²) in [6, 6.07) is 16.4. The zero-order valence-electron chi connectivity index (χ0n) is 10.9. The van der Waals surface area contributed by atoms with Gasteiger partial charge in [0.15, 0.2) is 0 Å². The summed E-state index contributed by atoms with van der Waals surface area (Å²) in [5.41, 5.74) is 1.53. The Morgan fingerprint density at radius 1 is 1.15 bits per heavy atom. The molecule has 0 radical (unpaired) electrons. The number of carbonyl (C=O) groups excluding carboxylic acids is 1. The maximum Gasteiger partial charge on any atom is 0.251 e. The van der Waals surface area contributed by atoms with E-state index >= 15 is 0 Å². The number of benzene rings is 2. The van der Waals surface area contributed by atoms with Crippen LogP contribution in [0, 0.1) is 0 Å². The van der Waals surface area contributed by atoms with E-state index in [4.69, 9.17) is 11.6 Å². The number of halogens is 1. The highest BCUT2D eigenvalue weighted by Crippen LogP contribution is 2.10. The number of aliphatic hydroxyl groups is 1. The number of carbonyl (C=O) groups is 1. The summed E-state index contributed by atoms with van der Waals surface area (Å²) in [7, 11) is 0. The van der Waals surface area contributed by atoms with Gasteiger partial charge in [-0.05, 0) is 23.8 Å². The van der Waals surface area contributed by atoms with Gasteiger partial charge >= 0.3 is 0 Å². The SMILES string of the molecule is O=C(NC[C@@H](O)Cc1ccccc1)c1cccc(Cl)c1. The summed E-state index contributed by atoms with van der Waals surface area (Å²) in [5, 5.41) is 13.1. The molecule has 0 unspecified atom stereocenters. The molecule has 2 aromatic carbocycles. The lowest BCUT2D eigenvalue weighted by Gasteiger charge is -2.12. The topological polar surface area (TPSA) is 49.3 Å². The predicted octanol–water partition coefficient (Wildman–Crippen LogP) is 2.67. The highest BCUT2D eigenvalue weighted by molar-refractivity contribution is 6.30. The van der Waals surface area contributed by atoms with Gasteiger partial charge in [0.25, 0.3) is 5.91 Å². The van der Waals surface area contributed by atoms with Gasteiger partial charge in [-0.1, -0.05) is 48.0 Å². The minimum atomic E-state index is -0.611. The molecule has 0 saturated heterocycles. The van der Waals surface area contributed by atoms with E-state index in [1.54, 1.807) is 24.3 Å². The van der Waals surface area contributed by atoms with Crippen molar-refractivity contribution in [2.45, 2.75) is 12.5 Å². The molecule has 2 rings (SSSR count). The summed E-state index contributed by atoms with van der Waals surface area (Å²) in [5.74, 6) is -0.236. The van der Waals surface area contributed by atoms with Crippen molar-refractivity contribution in [2.75, 3.05) is 6.54 Å². The predicted molar refractivity (Wildman–Crippen MR) is 79.9 cm³/mol. The lowest BCUT2D eigenvalue weighted by Crippen LogP contribution is -2.33. The van der Waals surface area contributed by atoms with E-state index in [2.05, 4.69) is 5.32 Å². The van der Waals surface area contributed by atoms with Crippen LogP contribution in [0.4, 0.5) is 0 Å². The Kier molecular flexibility index (Phi) is 5.16. The molecule has 0 aliphatic carbocycles. The number of nitrogens with one attached hydrogen (secondary N) is 1. The molecule has 1 amide bonds. The van der Waals surface area contributed by atoms with Gasteiger partial charge in [0.2, 0.25) is 0 Å². The van der Waals surface area contributed by atoms with Crippen molar-refractivity contribution in [2.24, 2.45) is 0 Å². The maximum absolute atomic E-state index is 11.9. The molecular formula is C16H16ClNO2. The van der Waals surface area contributed by atoms with Crippen molar-refractivity contribution in [1.82, 2.24) is 5.32 Å². The van der Waals surface area contributed by atoms with Gasteiger partial charge in [-0.25, -0.2) is 0 Å². The molecule has 4 heteroatoms. The van der Waals surface area contributed by atoms with Crippen molar-refractivity contribution >= 4 is 17.5 Å². The first-order valence-corrected chi connectivity index (χ1v) is 6.78. The average molecular weight is 290 g/mol. The first-order valence-electron chi connectivity index (χ1n) is 6.41. The summed E-state index contributed by atoms with van der Waals surface area (Å²) in [4.78, 5) is 11.9. The number of hydrogen-bond donors (Lipinski definition) is 2. The maximum atomic E-state index is 11.9. The number of rotatable bonds is 5. The Labute approximate surface area is 123 Å². The molecule has 0 bridgehead atoms. The zero-order chi connectivity index (χ0) is 14.4. The molecule has 20 heavy (non-hydrogen) atoms. The first-order chi connectivity index (χ1) is 9.65. The fraction of sp³-hybridized carbons (Fsp3) is 0.188. The Hall–Kier alpha value is -1.84. The van der Waals surface area contributed by atoms with Crippen molar-refractivity contribution in [3.05, 3.63) is 70.7 Å². The van der Waals surface area contributed by atoms with Crippen LogP contribution in [0.5, 0.6) is 0 Å². The van der Waals surface area contributed by atoms with Gasteiger partial charge in [0.05, 0.1) is 6.10 Å². The van der Waals surface area contributed by atoms with E-state index < -0.39 is 6.10 Å². The van der Waals surface area contributed by atoms with Crippen LogP contribution >= 0.6 is 11.6 Å². The first kappa shape index (κ1) is 14.6. The Balaban J connectivity index is 1.84. The van der Waals surface area contributed by atoms with E-state index in [1.165, 1.54) is 0 Å². The van der Waals surface area contributed by atoms with Gasteiger partial charge in [0, 0.05) is 23.6 Å². The van der Waals surface area contributed by atoms with Crippen LogP contribution in [0.15, 0.2) is 54.6 Å². The molecule has 0 heterocycles. The molecular weight excluding hydrogens is 274 g/mol. The van der Waals surface area contributed by atoms with E-state index in [0.29, 0.717) is 17.0 Å².